The summed E-state index contributed by atoms with van der Waals surface area (Å²) < 4.78 is 42.4. The van der Waals surface area contributed by atoms with Crippen molar-refractivity contribution >= 4 is 17.6 Å². The molecule has 0 aliphatic carbocycles. The minimum atomic E-state index is -4.51. The predicted molar refractivity (Wildman–Crippen MR) is 86.1 cm³/mol. The Hall–Kier alpha value is -3.34. The van der Waals surface area contributed by atoms with E-state index in [4.69, 9.17) is 10.00 Å². The zero-order valence-electron chi connectivity index (χ0n) is 13.4. The standard InChI is InChI=1S/C18H13F3N2O3/c19-18(20,21)14-8-6-13(7-9-14)17(25)26-12-16(24)23(11-10-22)15-4-2-1-3-5-15/h1-9H,11-12H2. The van der Waals surface area contributed by atoms with Gasteiger partial charge >= 0.3 is 12.1 Å². The number of ether oxygens (including phenoxy) is 1. The van der Waals surface area contributed by atoms with Crippen molar-refractivity contribution in [3.8, 4) is 6.07 Å². The molecule has 0 radical (unpaired) electrons. The number of para-hydroxylation sites is 1. The normalized spacial score (nSPS) is 10.7. The molecule has 0 bridgehead atoms. The first kappa shape index (κ1) is 19.0. The van der Waals surface area contributed by atoms with Gasteiger partial charge in [0.05, 0.1) is 17.2 Å². The predicted octanol–water partition coefficient (Wildman–Crippen LogP) is 3.42. The molecule has 8 heteroatoms. The zero-order chi connectivity index (χ0) is 19.2. The number of nitriles is 1. The molecule has 0 unspecified atom stereocenters. The number of hydrogen-bond donors (Lipinski definition) is 0. The lowest BCUT2D eigenvalue weighted by molar-refractivity contribution is -0.137. The number of rotatable bonds is 5. The molecule has 0 N–H and O–H groups in total. The van der Waals surface area contributed by atoms with E-state index >= 15 is 0 Å². The van der Waals surface area contributed by atoms with E-state index in [1.165, 1.54) is 0 Å². The lowest BCUT2D eigenvalue weighted by Crippen LogP contribution is -2.35. The Morgan fingerprint density at radius 2 is 1.65 bits per heavy atom. The van der Waals surface area contributed by atoms with E-state index in [1.54, 1.807) is 30.3 Å². The van der Waals surface area contributed by atoms with Crippen molar-refractivity contribution in [2.45, 2.75) is 6.18 Å². The van der Waals surface area contributed by atoms with Gasteiger partial charge < -0.3 is 4.74 Å². The van der Waals surface area contributed by atoms with Gasteiger partial charge in [-0.3, -0.25) is 9.69 Å². The van der Waals surface area contributed by atoms with Crippen LogP contribution in [0.1, 0.15) is 15.9 Å². The monoisotopic (exact) mass is 362 g/mol. The summed E-state index contributed by atoms with van der Waals surface area (Å²) in [6.07, 6.45) is -4.51. The first-order valence-electron chi connectivity index (χ1n) is 7.39. The third-order valence-corrected chi connectivity index (χ3v) is 3.37. The maximum Gasteiger partial charge on any atom is 0.416 e. The fourth-order valence-electron chi connectivity index (χ4n) is 2.09. The molecule has 0 aliphatic rings. The number of amides is 1. The lowest BCUT2D eigenvalue weighted by atomic mass is 10.1. The van der Waals surface area contributed by atoms with Crippen LogP contribution in [0, 0.1) is 11.3 Å². The summed E-state index contributed by atoms with van der Waals surface area (Å²) in [5.74, 6) is -1.56. The van der Waals surface area contributed by atoms with Crippen LogP contribution in [0.15, 0.2) is 54.6 Å². The Kier molecular flexibility index (Phi) is 5.96. The summed E-state index contributed by atoms with van der Waals surface area (Å²) in [6.45, 7) is -0.878. The van der Waals surface area contributed by atoms with Gasteiger partial charge in [0.15, 0.2) is 6.61 Å². The van der Waals surface area contributed by atoms with Gasteiger partial charge in [-0.15, -0.1) is 0 Å². The summed E-state index contributed by atoms with van der Waals surface area (Å²) in [4.78, 5) is 25.2. The molecule has 1 amide bonds. The minimum absolute atomic E-state index is 0.114. The van der Waals surface area contributed by atoms with Gasteiger partial charge in [-0.1, -0.05) is 18.2 Å². The van der Waals surface area contributed by atoms with Gasteiger partial charge in [0.25, 0.3) is 5.91 Å². The number of nitrogens with zero attached hydrogens (tertiary/aromatic N) is 2. The number of hydrogen-bond acceptors (Lipinski definition) is 4. The van der Waals surface area contributed by atoms with E-state index in [1.807, 2.05) is 6.07 Å². The number of esters is 1. The van der Waals surface area contributed by atoms with Crippen LogP contribution in [-0.2, 0) is 15.7 Å². The van der Waals surface area contributed by atoms with E-state index in [9.17, 15) is 22.8 Å². The highest BCUT2D eigenvalue weighted by Crippen LogP contribution is 2.29. The van der Waals surface area contributed by atoms with Crippen molar-refractivity contribution in [1.82, 2.24) is 0 Å². The Morgan fingerprint density at radius 3 is 2.19 bits per heavy atom. The molecule has 26 heavy (non-hydrogen) atoms. The summed E-state index contributed by atoms with van der Waals surface area (Å²) in [6, 6.07) is 13.6. The number of anilines is 1. The molecule has 2 aromatic carbocycles. The van der Waals surface area contributed by atoms with Gasteiger partial charge in [0, 0.05) is 5.69 Å². The second-order valence-corrected chi connectivity index (χ2v) is 5.12. The zero-order valence-corrected chi connectivity index (χ0v) is 13.4. The molecule has 5 nitrogen and oxygen atoms in total. The van der Waals surface area contributed by atoms with Crippen molar-refractivity contribution in [3.05, 3.63) is 65.7 Å². The van der Waals surface area contributed by atoms with E-state index in [-0.39, 0.29) is 12.1 Å². The third-order valence-electron chi connectivity index (χ3n) is 3.37. The second kappa shape index (κ2) is 8.16. The molecule has 0 fully saturated rings. The first-order chi connectivity index (χ1) is 12.3. The summed E-state index contributed by atoms with van der Waals surface area (Å²) in [7, 11) is 0. The van der Waals surface area contributed by atoms with Gasteiger partial charge in [0.2, 0.25) is 0 Å². The van der Waals surface area contributed by atoms with E-state index in [2.05, 4.69) is 0 Å². The smallest absolute Gasteiger partial charge is 0.416 e. The van der Waals surface area contributed by atoms with Crippen LogP contribution in [0.5, 0.6) is 0 Å². The van der Waals surface area contributed by atoms with Crippen molar-refractivity contribution in [1.29, 1.82) is 5.26 Å². The third kappa shape index (κ3) is 4.83. The Morgan fingerprint density at radius 1 is 1.04 bits per heavy atom. The van der Waals surface area contributed by atoms with E-state index in [0.717, 1.165) is 29.2 Å². The van der Waals surface area contributed by atoms with Crippen LogP contribution >= 0.6 is 0 Å². The largest absolute Gasteiger partial charge is 0.452 e. The molecule has 0 aromatic heterocycles. The highest BCUT2D eigenvalue weighted by atomic mass is 19.4. The first-order valence-corrected chi connectivity index (χ1v) is 7.39. The van der Waals surface area contributed by atoms with Crippen LogP contribution in [-0.4, -0.2) is 25.0 Å². The van der Waals surface area contributed by atoms with Crippen LogP contribution < -0.4 is 4.90 Å². The average molecular weight is 362 g/mol. The molecule has 2 rings (SSSR count). The van der Waals surface area contributed by atoms with Crippen molar-refractivity contribution < 1.29 is 27.5 Å². The Balaban J connectivity index is 2.01. The highest BCUT2D eigenvalue weighted by Gasteiger charge is 2.30. The van der Waals surface area contributed by atoms with Gasteiger partial charge in [-0.25, -0.2) is 4.79 Å². The molecule has 0 saturated carbocycles. The van der Waals surface area contributed by atoms with Crippen LogP contribution in [0.4, 0.5) is 18.9 Å². The Bertz CT molecular complexity index is 812. The van der Waals surface area contributed by atoms with Crippen LogP contribution in [0.2, 0.25) is 0 Å². The molecule has 0 aliphatic heterocycles. The summed E-state index contributed by atoms with van der Waals surface area (Å²) in [5, 5.41) is 8.85. The van der Waals surface area contributed by atoms with Gasteiger partial charge in [-0.05, 0) is 36.4 Å². The SMILES string of the molecule is N#CCN(C(=O)COC(=O)c1ccc(C(F)(F)F)cc1)c1ccccc1. The molecule has 0 heterocycles. The minimum Gasteiger partial charge on any atom is -0.452 e. The maximum absolute atomic E-state index is 12.5. The number of alkyl halides is 3. The number of carbonyl (C=O) groups excluding carboxylic acids is 2. The van der Waals surface area contributed by atoms with Crippen LogP contribution in [0.3, 0.4) is 0 Å². The molecular formula is C18H13F3N2O3. The average Bonchev–Trinajstić information content (AvgIpc) is 2.64. The molecule has 0 atom stereocenters. The van der Waals surface area contributed by atoms with E-state index in [0.29, 0.717) is 5.69 Å². The van der Waals surface area contributed by atoms with Crippen molar-refractivity contribution in [2.24, 2.45) is 0 Å². The highest BCUT2D eigenvalue weighted by molar-refractivity contribution is 5.97. The molecular weight excluding hydrogens is 349 g/mol. The molecule has 2 aromatic rings. The molecule has 0 spiro atoms. The fraction of sp³-hybridized carbons (Fsp3) is 0.167. The Labute approximate surface area is 147 Å². The molecule has 0 saturated heterocycles. The van der Waals surface area contributed by atoms with Crippen molar-refractivity contribution in [2.75, 3.05) is 18.1 Å². The number of halogens is 3. The summed E-state index contributed by atoms with van der Waals surface area (Å²) >= 11 is 0. The maximum atomic E-state index is 12.5. The van der Waals surface area contributed by atoms with Gasteiger partial charge in [-0.2, -0.15) is 18.4 Å². The number of benzene rings is 2. The summed E-state index contributed by atoms with van der Waals surface area (Å²) in [5.41, 5.74) is -0.545. The number of carbonyl (C=O) groups is 2. The topological polar surface area (TPSA) is 70.4 Å². The van der Waals surface area contributed by atoms with Crippen molar-refractivity contribution in [3.63, 3.8) is 0 Å². The lowest BCUT2D eigenvalue weighted by Gasteiger charge is -2.19. The van der Waals surface area contributed by atoms with Crippen LogP contribution in [0.25, 0.3) is 0 Å². The fourth-order valence-corrected chi connectivity index (χ4v) is 2.09. The second-order valence-electron chi connectivity index (χ2n) is 5.12. The van der Waals surface area contributed by atoms with E-state index < -0.39 is 30.2 Å². The van der Waals surface area contributed by atoms with Gasteiger partial charge in [0.1, 0.15) is 6.54 Å². The quantitative estimate of drug-likeness (QED) is 0.604. The molecule has 134 valence electrons.